The van der Waals surface area contributed by atoms with E-state index in [0.29, 0.717) is 6.61 Å². The van der Waals surface area contributed by atoms with E-state index in [0.717, 1.165) is 0 Å². The molecule has 0 saturated carbocycles. The number of rotatable bonds is 4. The summed E-state index contributed by atoms with van der Waals surface area (Å²) in [5.41, 5.74) is 3.69. The fourth-order valence-corrected chi connectivity index (χ4v) is 1.63. The number of hydrogen-bond acceptors (Lipinski definition) is 2. The number of ether oxygens (including phenoxy) is 1. The molecule has 13 heavy (non-hydrogen) atoms. The highest BCUT2D eigenvalue weighted by Gasteiger charge is 2.45. The predicted octanol–water partition coefficient (Wildman–Crippen LogP) is 1.98. The molecule has 0 saturated heterocycles. The van der Waals surface area contributed by atoms with Crippen molar-refractivity contribution in [1.82, 2.24) is 0 Å². The Kier molecular flexibility index (Phi) is 4.33. The monoisotopic (exact) mass is 191 g/mol. The lowest BCUT2D eigenvalue weighted by molar-refractivity contribution is -0.0406. The Morgan fingerprint density at radius 1 is 1.38 bits per heavy atom. The van der Waals surface area contributed by atoms with Crippen LogP contribution < -0.4 is 5.73 Å². The molecule has 0 aromatic rings. The summed E-state index contributed by atoms with van der Waals surface area (Å²) >= 11 is 0. The van der Waals surface area contributed by atoms with Crippen molar-refractivity contribution in [2.24, 2.45) is 17.1 Å². The maximum atomic E-state index is 14.4. The topological polar surface area (TPSA) is 35.2 Å². The first-order valence-corrected chi connectivity index (χ1v) is 4.67. The summed E-state index contributed by atoms with van der Waals surface area (Å²) in [7, 11) is 1.58. The van der Waals surface area contributed by atoms with Crippen molar-refractivity contribution >= 4 is 0 Å². The molecule has 0 bridgehead atoms. The zero-order valence-corrected chi connectivity index (χ0v) is 9.36. The second-order valence-corrected chi connectivity index (χ2v) is 4.67. The van der Waals surface area contributed by atoms with Crippen molar-refractivity contribution < 1.29 is 9.13 Å². The molecule has 2 N–H and O–H groups in total. The summed E-state index contributed by atoms with van der Waals surface area (Å²) in [4.78, 5) is 0. The molecule has 2 atom stereocenters. The van der Waals surface area contributed by atoms with E-state index in [1.165, 1.54) is 0 Å². The summed E-state index contributed by atoms with van der Waals surface area (Å²) in [6.07, 6.45) is 0. The summed E-state index contributed by atoms with van der Waals surface area (Å²) < 4.78 is 19.4. The van der Waals surface area contributed by atoms with E-state index in [1.54, 1.807) is 7.11 Å². The summed E-state index contributed by atoms with van der Waals surface area (Å²) in [6.45, 7) is 7.89. The second kappa shape index (κ2) is 4.38. The van der Waals surface area contributed by atoms with Crippen LogP contribution in [0.5, 0.6) is 0 Å². The first-order chi connectivity index (χ1) is 5.79. The fraction of sp³-hybridized carbons (Fsp3) is 1.00. The minimum Gasteiger partial charge on any atom is -0.384 e. The van der Waals surface area contributed by atoms with Crippen LogP contribution in [0.3, 0.4) is 0 Å². The highest BCUT2D eigenvalue weighted by atomic mass is 19.1. The Morgan fingerprint density at radius 3 is 2.08 bits per heavy atom. The second-order valence-electron chi connectivity index (χ2n) is 4.67. The van der Waals surface area contributed by atoms with Crippen LogP contribution in [-0.2, 0) is 4.74 Å². The van der Waals surface area contributed by atoms with Crippen molar-refractivity contribution in [2.45, 2.75) is 33.4 Å². The Bertz CT molecular complexity index is 155. The van der Waals surface area contributed by atoms with Crippen LogP contribution in [0.4, 0.5) is 4.39 Å². The lowest BCUT2D eigenvalue weighted by Crippen LogP contribution is -2.51. The molecule has 0 aliphatic rings. The predicted molar refractivity (Wildman–Crippen MR) is 53.4 cm³/mol. The Morgan fingerprint density at radius 2 is 1.85 bits per heavy atom. The van der Waals surface area contributed by atoms with E-state index < -0.39 is 11.1 Å². The number of alkyl halides is 1. The zero-order valence-electron chi connectivity index (χ0n) is 9.36. The quantitative estimate of drug-likeness (QED) is 0.737. The third kappa shape index (κ3) is 2.64. The van der Waals surface area contributed by atoms with E-state index in [4.69, 9.17) is 10.5 Å². The van der Waals surface area contributed by atoms with Gasteiger partial charge in [0.15, 0.2) is 0 Å². The average molecular weight is 191 g/mol. The summed E-state index contributed by atoms with van der Waals surface area (Å²) in [5.74, 6) is -0.178. The Labute approximate surface area is 80.6 Å². The van der Waals surface area contributed by atoms with Gasteiger partial charge in [0.25, 0.3) is 0 Å². The van der Waals surface area contributed by atoms with Crippen molar-refractivity contribution in [3.05, 3.63) is 0 Å². The van der Waals surface area contributed by atoms with Crippen molar-refractivity contribution in [2.75, 3.05) is 20.3 Å². The van der Waals surface area contributed by atoms with Gasteiger partial charge in [-0.15, -0.1) is 0 Å². The van der Waals surface area contributed by atoms with Gasteiger partial charge in [-0.2, -0.15) is 0 Å². The lowest BCUT2D eigenvalue weighted by Gasteiger charge is -2.41. The standard InChI is InChI=1S/C10H22FNO/c1-8(6-13-5)10(11,7-12)9(2,3)4/h8H,6-7,12H2,1-5H3. The molecule has 2 unspecified atom stereocenters. The lowest BCUT2D eigenvalue weighted by atomic mass is 9.71. The van der Waals surface area contributed by atoms with Gasteiger partial charge in [0.1, 0.15) is 5.67 Å². The minimum atomic E-state index is -1.36. The van der Waals surface area contributed by atoms with E-state index in [-0.39, 0.29) is 12.5 Å². The van der Waals surface area contributed by atoms with Gasteiger partial charge in [0.2, 0.25) is 0 Å². The van der Waals surface area contributed by atoms with Crippen LogP contribution in [0.1, 0.15) is 27.7 Å². The average Bonchev–Trinajstić information content (AvgIpc) is 2.01. The molecule has 0 aromatic heterocycles. The van der Waals surface area contributed by atoms with Gasteiger partial charge in [-0.05, 0) is 5.41 Å². The molecule has 3 heteroatoms. The van der Waals surface area contributed by atoms with Crippen molar-refractivity contribution in [3.63, 3.8) is 0 Å². The third-order valence-corrected chi connectivity index (χ3v) is 2.74. The van der Waals surface area contributed by atoms with Gasteiger partial charge in [-0.25, -0.2) is 4.39 Å². The van der Waals surface area contributed by atoms with Gasteiger partial charge < -0.3 is 10.5 Å². The maximum Gasteiger partial charge on any atom is 0.132 e. The molecule has 0 amide bonds. The van der Waals surface area contributed by atoms with E-state index in [2.05, 4.69) is 0 Å². The molecule has 0 rings (SSSR count). The number of methoxy groups -OCH3 is 1. The molecule has 0 heterocycles. The summed E-state index contributed by atoms with van der Waals surface area (Å²) in [6, 6.07) is 0. The number of hydrogen-bond donors (Lipinski definition) is 1. The first kappa shape index (κ1) is 12.8. The highest BCUT2D eigenvalue weighted by molar-refractivity contribution is 4.95. The molecule has 0 radical (unpaired) electrons. The van der Waals surface area contributed by atoms with E-state index in [9.17, 15) is 4.39 Å². The van der Waals surface area contributed by atoms with E-state index in [1.807, 2.05) is 27.7 Å². The van der Waals surface area contributed by atoms with Gasteiger partial charge >= 0.3 is 0 Å². The molecular weight excluding hydrogens is 169 g/mol. The SMILES string of the molecule is COCC(C)C(F)(CN)C(C)(C)C. The molecule has 0 spiro atoms. The van der Waals surface area contributed by atoms with Crippen LogP contribution in [0.25, 0.3) is 0 Å². The van der Waals surface area contributed by atoms with Crippen LogP contribution in [0.2, 0.25) is 0 Å². The van der Waals surface area contributed by atoms with Crippen LogP contribution in [-0.4, -0.2) is 25.9 Å². The number of halogens is 1. The van der Waals surface area contributed by atoms with Gasteiger partial charge in [0.05, 0.1) is 6.61 Å². The normalized spacial score (nSPS) is 19.6. The van der Waals surface area contributed by atoms with Crippen LogP contribution in [0.15, 0.2) is 0 Å². The molecule has 2 nitrogen and oxygen atoms in total. The van der Waals surface area contributed by atoms with Crippen molar-refractivity contribution in [1.29, 1.82) is 0 Å². The fourth-order valence-electron chi connectivity index (χ4n) is 1.63. The molecule has 80 valence electrons. The Hall–Kier alpha value is -0.150. The van der Waals surface area contributed by atoms with E-state index >= 15 is 0 Å². The molecular formula is C10H22FNO. The van der Waals surface area contributed by atoms with Crippen molar-refractivity contribution in [3.8, 4) is 0 Å². The molecule has 0 fully saturated rings. The van der Waals surface area contributed by atoms with Crippen LogP contribution >= 0.6 is 0 Å². The summed E-state index contributed by atoms with van der Waals surface area (Å²) in [5, 5.41) is 0. The van der Waals surface area contributed by atoms with Gasteiger partial charge in [-0.1, -0.05) is 27.7 Å². The highest BCUT2D eigenvalue weighted by Crippen LogP contribution is 2.39. The number of nitrogens with two attached hydrogens (primary N) is 1. The minimum absolute atomic E-state index is 0.0427. The zero-order chi connectivity index (χ0) is 10.7. The molecule has 0 aromatic carbocycles. The molecule has 0 aliphatic heterocycles. The van der Waals surface area contributed by atoms with Gasteiger partial charge in [-0.3, -0.25) is 0 Å². The van der Waals surface area contributed by atoms with Crippen LogP contribution in [0, 0.1) is 11.3 Å². The third-order valence-electron chi connectivity index (χ3n) is 2.74. The first-order valence-electron chi connectivity index (χ1n) is 4.67. The largest absolute Gasteiger partial charge is 0.384 e. The molecule has 0 aliphatic carbocycles. The smallest absolute Gasteiger partial charge is 0.132 e. The maximum absolute atomic E-state index is 14.4. The van der Waals surface area contributed by atoms with Gasteiger partial charge in [0, 0.05) is 19.6 Å². The Balaban J connectivity index is 4.62.